The zero-order chi connectivity index (χ0) is 14.3. The molecule has 0 spiro atoms. The van der Waals surface area contributed by atoms with Gasteiger partial charge >= 0.3 is 0 Å². The van der Waals surface area contributed by atoms with Gasteiger partial charge in [0.25, 0.3) is 5.91 Å². The summed E-state index contributed by atoms with van der Waals surface area (Å²) >= 11 is 1.37. The van der Waals surface area contributed by atoms with Crippen molar-refractivity contribution in [3.63, 3.8) is 0 Å². The Bertz CT molecular complexity index is 405. The molecule has 19 heavy (non-hydrogen) atoms. The molecule has 1 aromatic heterocycles. The molecule has 0 atom stereocenters. The molecule has 108 valence electrons. The van der Waals surface area contributed by atoms with E-state index in [0.717, 1.165) is 11.4 Å². The lowest BCUT2D eigenvalue weighted by atomic mass is 10.3. The summed E-state index contributed by atoms with van der Waals surface area (Å²) in [6, 6.07) is 1.79. The molecule has 0 radical (unpaired) electrons. The molecule has 0 bridgehead atoms. The molecule has 0 aliphatic rings. The average Bonchev–Trinajstić information content (AvgIpc) is 2.73. The highest BCUT2D eigenvalue weighted by molar-refractivity contribution is 7.18. The Balaban J connectivity index is 2.47. The van der Waals surface area contributed by atoms with Crippen LogP contribution in [0.2, 0.25) is 0 Å². The molecule has 0 unspecified atom stereocenters. The standard InChI is InChI=1S/C13H23N3O2S/c1-4-5-16-13(17)12-10(14)8-11(19-12)15-6-7-18-9(2)3/h8-9,15H,4-7,14H2,1-3H3,(H,16,17). The van der Waals surface area contributed by atoms with Crippen molar-refractivity contribution >= 4 is 27.9 Å². The lowest BCUT2D eigenvalue weighted by Crippen LogP contribution is -2.23. The van der Waals surface area contributed by atoms with Gasteiger partial charge in [0.2, 0.25) is 0 Å². The van der Waals surface area contributed by atoms with Crippen molar-refractivity contribution in [2.75, 3.05) is 30.7 Å². The zero-order valence-electron chi connectivity index (χ0n) is 11.8. The minimum Gasteiger partial charge on any atom is -0.397 e. The molecular weight excluding hydrogens is 262 g/mol. The van der Waals surface area contributed by atoms with Crippen LogP contribution >= 0.6 is 11.3 Å². The minimum absolute atomic E-state index is 0.101. The van der Waals surface area contributed by atoms with Gasteiger partial charge in [-0.2, -0.15) is 0 Å². The molecular formula is C13H23N3O2S. The van der Waals surface area contributed by atoms with Gasteiger partial charge in [0.1, 0.15) is 4.88 Å². The molecule has 0 aliphatic heterocycles. The van der Waals surface area contributed by atoms with E-state index in [1.165, 1.54) is 11.3 Å². The van der Waals surface area contributed by atoms with Gasteiger partial charge in [0.15, 0.2) is 0 Å². The van der Waals surface area contributed by atoms with Gasteiger partial charge in [-0.05, 0) is 26.3 Å². The third-order valence-corrected chi connectivity index (χ3v) is 3.46. The number of hydrogen-bond donors (Lipinski definition) is 3. The fourth-order valence-electron chi connectivity index (χ4n) is 1.46. The summed E-state index contributed by atoms with van der Waals surface area (Å²) in [5.74, 6) is -0.101. The first-order valence-electron chi connectivity index (χ1n) is 6.57. The highest BCUT2D eigenvalue weighted by atomic mass is 32.1. The quantitative estimate of drug-likeness (QED) is 0.641. The Morgan fingerprint density at radius 1 is 1.47 bits per heavy atom. The Morgan fingerprint density at radius 3 is 2.84 bits per heavy atom. The van der Waals surface area contributed by atoms with E-state index in [-0.39, 0.29) is 12.0 Å². The van der Waals surface area contributed by atoms with Gasteiger partial charge in [-0.15, -0.1) is 11.3 Å². The van der Waals surface area contributed by atoms with Gasteiger partial charge in [0, 0.05) is 13.1 Å². The number of nitrogen functional groups attached to an aromatic ring is 1. The number of nitrogens with two attached hydrogens (primary N) is 1. The molecule has 5 nitrogen and oxygen atoms in total. The molecule has 4 N–H and O–H groups in total. The smallest absolute Gasteiger partial charge is 0.263 e. The van der Waals surface area contributed by atoms with Crippen LogP contribution in [0.25, 0.3) is 0 Å². The highest BCUT2D eigenvalue weighted by Crippen LogP contribution is 2.28. The number of hydrogen-bond acceptors (Lipinski definition) is 5. The maximum atomic E-state index is 11.8. The number of ether oxygens (including phenoxy) is 1. The maximum Gasteiger partial charge on any atom is 0.263 e. The van der Waals surface area contributed by atoms with Crippen LogP contribution in [0.4, 0.5) is 10.7 Å². The summed E-state index contributed by atoms with van der Waals surface area (Å²) in [6.45, 7) is 8.01. The largest absolute Gasteiger partial charge is 0.397 e. The summed E-state index contributed by atoms with van der Waals surface area (Å²) in [5.41, 5.74) is 6.36. The van der Waals surface area contributed by atoms with E-state index in [1.807, 2.05) is 20.8 Å². The molecule has 0 fully saturated rings. The van der Waals surface area contributed by atoms with Crippen molar-refractivity contribution in [3.05, 3.63) is 10.9 Å². The summed E-state index contributed by atoms with van der Waals surface area (Å²) in [6.07, 6.45) is 1.14. The number of anilines is 2. The van der Waals surface area contributed by atoms with Crippen LogP contribution in [0.1, 0.15) is 36.9 Å². The third kappa shape index (κ3) is 5.48. The van der Waals surface area contributed by atoms with E-state index in [0.29, 0.717) is 30.3 Å². The molecule has 0 aliphatic carbocycles. The molecule has 0 saturated carbocycles. The zero-order valence-corrected chi connectivity index (χ0v) is 12.6. The molecule has 1 heterocycles. The van der Waals surface area contributed by atoms with Crippen LogP contribution in [0, 0.1) is 0 Å². The molecule has 1 aromatic rings. The first kappa shape index (κ1) is 15.8. The fraction of sp³-hybridized carbons (Fsp3) is 0.615. The van der Waals surface area contributed by atoms with Gasteiger partial charge in [0.05, 0.1) is 23.4 Å². The van der Waals surface area contributed by atoms with Gasteiger partial charge < -0.3 is 21.1 Å². The Hall–Kier alpha value is -1.27. The lowest BCUT2D eigenvalue weighted by Gasteiger charge is -2.07. The summed E-state index contributed by atoms with van der Waals surface area (Å²) in [5, 5.41) is 6.92. The molecule has 0 saturated heterocycles. The van der Waals surface area contributed by atoms with Crippen molar-refractivity contribution in [1.29, 1.82) is 0 Å². The second kappa shape index (κ2) is 8.01. The van der Waals surface area contributed by atoms with E-state index in [4.69, 9.17) is 10.5 Å². The van der Waals surface area contributed by atoms with E-state index in [1.54, 1.807) is 6.07 Å². The SMILES string of the molecule is CCCNC(=O)c1sc(NCCOC(C)C)cc1N. The summed E-state index contributed by atoms with van der Waals surface area (Å²) in [4.78, 5) is 12.4. The number of rotatable bonds is 8. The molecule has 1 amide bonds. The number of carbonyl (C=O) groups is 1. The average molecular weight is 285 g/mol. The molecule has 0 aromatic carbocycles. The second-order valence-corrected chi connectivity index (χ2v) is 5.55. The summed E-state index contributed by atoms with van der Waals surface area (Å²) in [7, 11) is 0. The van der Waals surface area contributed by atoms with Crippen LogP contribution in [0.15, 0.2) is 6.07 Å². The monoisotopic (exact) mass is 285 g/mol. The van der Waals surface area contributed by atoms with Crippen molar-refractivity contribution in [2.45, 2.75) is 33.3 Å². The van der Waals surface area contributed by atoms with E-state index in [2.05, 4.69) is 10.6 Å². The molecule has 6 heteroatoms. The predicted molar refractivity (Wildman–Crippen MR) is 80.9 cm³/mol. The second-order valence-electron chi connectivity index (χ2n) is 4.50. The van der Waals surface area contributed by atoms with Crippen LogP contribution in [0.5, 0.6) is 0 Å². The first-order chi connectivity index (χ1) is 9.04. The van der Waals surface area contributed by atoms with Gasteiger partial charge in [-0.1, -0.05) is 6.92 Å². The number of nitrogens with one attached hydrogen (secondary N) is 2. The highest BCUT2D eigenvalue weighted by Gasteiger charge is 2.13. The van der Waals surface area contributed by atoms with Crippen LogP contribution in [-0.4, -0.2) is 31.7 Å². The fourth-order valence-corrected chi connectivity index (χ4v) is 2.38. The Labute approximate surface area is 118 Å². The van der Waals surface area contributed by atoms with E-state index in [9.17, 15) is 4.79 Å². The Morgan fingerprint density at radius 2 is 2.21 bits per heavy atom. The van der Waals surface area contributed by atoms with Crippen molar-refractivity contribution in [2.24, 2.45) is 0 Å². The van der Waals surface area contributed by atoms with Gasteiger partial charge in [-0.25, -0.2) is 0 Å². The molecule has 1 rings (SSSR count). The maximum absolute atomic E-state index is 11.8. The van der Waals surface area contributed by atoms with E-state index < -0.39 is 0 Å². The van der Waals surface area contributed by atoms with Gasteiger partial charge in [-0.3, -0.25) is 4.79 Å². The normalized spacial score (nSPS) is 10.7. The van der Waals surface area contributed by atoms with E-state index >= 15 is 0 Å². The minimum atomic E-state index is -0.101. The van der Waals surface area contributed by atoms with Crippen LogP contribution < -0.4 is 16.4 Å². The lowest BCUT2D eigenvalue weighted by molar-refractivity contribution is 0.0871. The summed E-state index contributed by atoms with van der Waals surface area (Å²) < 4.78 is 5.43. The van der Waals surface area contributed by atoms with Crippen molar-refractivity contribution in [3.8, 4) is 0 Å². The number of thiophene rings is 1. The third-order valence-electron chi connectivity index (χ3n) is 2.36. The van der Waals surface area contributed by atoms with Crippen molar-refractivity contribution in [1.82, 2.24) is 5.32 Å². The number of amides is 1. The van der Waals surface area contributed by atoms with Crippen LogP contribution in [0.3, 0.4) is 0 Å². The van der Waals surface area contributed by atoms with Crippen LogP contribution in [-0.2, 0) is 4.74 Å². The number of carbonyl (C=O) groups excluding carboxylic acids is 1. The predicted octanol–water partition coefficient (Wildman–Crippen LogP) is 2.31. The van der Waals surface area contributed by atoms with Crippen molar-refractivity contribution < 1.29 is 9.53 Å². The first-order valence-corrected chi connectivity index (χ1v) is 7.39. The topological polar surface area (TPSA) is 76.4 Å². The Kier molecular flexibility index (Phi) is 6.66.